The topological polar surface area (TPSA) is 34.1 Å². The highest BCUT2D eigenvalue weighted by Crippen LogP contribution is 2.21. The van der Waals surface area contributed by atoms with E-state index >= 15 is 0 Å². The lowest BCUT2D eigenvalue weighted by molar-refractivity contribution is -0.125. The van der Waals surface area contributed by atoms with Crippen LogP contribution in [-0.4, -0.2) is 11.6 Å². The molecule has 1 saturated carbocycles. The zero-order chi connectivity index (χ0) is 13.4. The van der Waals surface area contributed by atoms with Crippen LogP contribution in [0.4, 0.5) is 0 Å². The standard InChI is InChI=1S/C16H28O2/c1-13-12-15(17)10-8-6-4-3-5-7-9-11-16(18)14(13)2/h13-14H,3-12H2,1-2H3. The number of rotatable bonds is 0. The third kappa shape index (κ3) is 5.79. The van der Waals surface area contributed by atoms with E-state index in [2.05, 4.69) is 0 Å². The third-order valence-electron chi connectivity index (χ3n) is 4.29. The van der Waals surface area contributed by atoms with E-state index in [0.29, 0.717) is 30.8 Å². The van der Waals surface area contributed by atoms with E-state index in [4.69, 9.17) is 0 Å². The highest BCUT2D eigenvalue weighted by molar-refractivity contribution is 5.83. The summed E-state index contributed by atoms with van der Waals surface area (Å²) in [4.78, 5) is 23.8. The van der Waals surface area contributed by atoms with E-state index in [0.717, 1.165) is 12.8 Å². The average molecular weight is 252 g/mol. The van der Waals surface area contributed by atoms with Gasteiger partial charge in [-0.15, -0.1) is 0 Å². The van der Waals surface area contributed by atoms with Crippen LogP contribution in [0.5, 0.6) is 0 Å². The maximum absolute atomic E-state index is 12.0. The minimum absolute atomic E-state index is 0.0527. The molecule has 0 aromatic heterocycles. The van der Waals surface area contributed by atoms with Crippen molar-refractivity contribution in [2.24, 2.45) is 11.8 Å². The molecule has 2 unspecified atom stereocenters. The molecule has 0 spiro atoms. The van der Waals surface area contributed by atoms with Crippen LogP contribution in [-0.2, 0) is 9.59 Å². The Labute approximate surface area is 112 Å². The molecular weight excluding hydrogens is 224 g/mol. The number of hydrogen-bond donors (Lipinski definition) is 0. The quantitative estimate of drug-likeness (QED) is 0.643. The van der Waals surface area contributed by atoms with Crippen LogP contribution in [0.3, 0.4) is 0 Å². The molecule has 2 heteroatoms. The molecule has 1 fully saturated rings. The maximum atomic E-state index is 12.0. The number of carbonyl (C=O) groups is 2. The Morgan fingerprint density at radius 1 is 0.778 bits per heavy atom. The van der Waals surface area contributed by atoms with Crippen molar-refractivity contribution in [2.75, 3.05) is 0 Å². The Balaban J connectivity index is 2.49. The van der Waals surface area contributed by atoms with E-state index in [1.807, 2.05) is 13.8 Å². The average Bonchev–Trinajstić information content (AvgIpc) is 2.34. The van der Waals surface area contributed by atoms with Crippen molar-refractivity contribution >= 4 is 11.6 Å². The molecule has 0 aliphatic heterocycles. The molecule has 0 amide bonds. The Kier molecular flexibility index (Phi) is 7.22. The van der Waals surface area contributed by atoms with Crippen molar-refractivity contribution in [1.29, 1.82) is 0 Å². The van der Waals surface area contributed by atoms with Gasteiger partial charge in [-0.3, -0.25) is 9.59 Å². The van der Waals surface area contributed by atoms with Gasteiger partial charge in [-0.2, -0.15) is 0 Å². The number of carbonyl (C=O) groups excluding carboxylic acids is 2. The van der Waals surface area contributed by atoms with Crippen LogP contribution < -0.4 is 0 Å². The molecule has 0 bridgehead atoms. The second-order valence-corrected chi connectivity index (χ2v) is 5.95. The molecule has 1 rings (SSSR count). The van der Waals surface area contributed by atoms with Crippen molar-refractivity contribution in [1.82, 2.24) is 0 Å². The molecule has 104 valence electrons. The van der Waals surface area contributed by atoms with Crippen molar-refractivity contribution in [3.05, 3.63) is 0 Å². The van der Waals surface area contributed by atoms with Gasteiger partial charge in [0.25, 0.3) is 0 Å². The molecule has 1 aliphatic carbocycles. The lowest BCUT2D eigenvalue weighted by Gasteiger charge is -2.18. The molecule has 2 atom stereocenters. The summed E-state index contributed by atoms with van der Waals surface area (Å²) in [5.74, 6) is 0.969. The van der Waals surface area contributed by atoms with Gasteiger partial charge in [-0.1, -0.05) is 46.0 Å². The van der Waals surface area contributed by atoms with E-state index in [-0.39, 0.29) is 11.8 Å². The number of ketones is 2. The van der Waals surface area contributed by atoms with Gasteiger partial charge in [-0.25, -0.2) is 0 Å². The minimum Gasteiger partial charge on any atom is -0.300 e. The van der Waals surface area contributed by atoms with Crippen LogP contribution in [0.2, 0.25) is 0 Å². The highest BCUT2D eigenvalue weighted by Gasteiger charge is 2.21. The molecule has 18 heavy (non-hydrogen) atoms. The molecule has 1 aliphatic rings. The minimum atomic E-state index is 0.0527. The van der Waals surface area contributed by atoms with Crippen LogP contribution in [0.25, 0.3) is 0 Å². The first-order valence-corrected chi connectivity index (χ1v) is 7.65. The first-order chi connectivity index (χ1) is 8.61. The molecule has 0 radical (unpaired) electrons. The van der Waals surface area contributed by atoms with E-state index < -0.39 is 0 Å². The Morgan fingerprint density at radius 3 is 1.89 bits per heavy atom. The molecule has 0 heterocycles. The lowest BCUT2D eigenvalue weighted by Crippen LogP contribution is -2.21. The van der Waals surface area contributed by atoms with Gasteiger partial charge >= 0.3 is 0 Å². The number of hydrogen-bond acceptors (Lipinski definition) is 2. The molecule has 0 saturated heterocycles. The SMILES string of the molecule is CC1CC(=O)CCCCCCCCCC(=O)C1C. The number of Topliss-reactive ketones (excluding diaryl/α,β-unsaturated/α-hetero) is 2. The van der Waals surface area contributed by atoms with Crippen molar-refractivity contribution < 1.29 is 9.59 Å². The summed E-state index contributed by atoms with van der Waals surface area (Å²) in [7, 11) is 0. The van der Waals surface area contributed by atoms with Gasteiger partial charge in [-0.05, 0) is 18.8 Å². The summed E-state index contributed by atoms with van der Waals surface area (Å²) >= 11 is 0. The summed E-state index contributed by atoms with van der Waals surface area (Å²) < 4.78 is 0. The third-order valence-corrected chi connectivity index (χ3v) is 4.29. The zero-order valence-corrected chi connectivity index (χ0v) is 12.0. The molecule has 2 nitrogen and oxygen atoms in total. The summed E-state index contributed by atoms with van der Waals surface area (Å²) in [5, 5.41) is 0. The largest absolute Gasteiger partial charge is 0.300 e. The second kappa shape index (κ2) is 8.44. The highest BCUT2D eigenvalue weighted by atomic mass is 16.1. The fourth-order valence-corrected chi connectivity index (χ4v) is 2.69. The predicted molar refractivity (Wildman–Crippen MR) is 74.5 cm³/mol. The summed E-state index contributed by atoms with van der Waals surface area (Å²) in [6, 6.07) is 0. The fraction of sp³-hybridized carbons (Fsp3) is 0.875. The van der Waals surface area contributed by atoms with Gasteiger partial charge in [0, 0.05) is 25.2 Å². The van der Waals surface area contributed by atoms with Crippen LogP contribution in [0, 0.1) is 11.8 Å². The fourth-order valence-electron chi connectivity index (χ4n) is 2.69. The van der Waals surface area contributed by atoms with Crippen LogP contribution >= 0.6 is 0 Å². The molecule has 0 aromatic rings. The van der Waals surface area contributed by atoms with E-state index in [9.17, 15) is 9.59 Å². The lowest BCUT2D eigenvalue weighted by atomic mass is 9.85. The van der Waals surface area contributed by atoms with E-state index in [1.165, 1.54) is 32.1 Å². The van der Waals surface area contributed by atoms with Gasteiger partial charge in [0.2, 0.25) is 0 Å². The van der Waals surface area contributed by atoms with Crippen LogP contribution in [0.15, 0.2) is 0 Å². The Bertz CT molecular complexity index is 270. The smallest absolute Gasteiger partial charge is 0.135 e. The first kappa shape index (κ1) is 15.4. The summed E-state index contributed by atoms with van der Waals surface area (Å²) in [5.41, 5.74) is 0. The van der Waals surface area contributed by atoms with Crippen LogP contribution in [0.1, 0.15) is 78.1 Å². The van der Waals surface area contributed by atoms with Gasteiger partial charge in [0.15, 0.2) is 0 Å². The summed E-state index contributed by atoms with van der Waals surface area (Å²) in [6.07, 6.45) is 10.2. The van der Waals surface area contributed by atoms with Gasteiger partial charge in [0.1, 0.15) is 11.6 Å². The van der Waals surface area contributed by atoms with Gasteiger partial charge < -0.3 is 0 Å². The second-order valence-electron chi connectivity index (χ2n) is 5.95. The van der Waals surface area contributed by atoms with Crippen molar-refractivity contribution in [3.63, 3.8) is 0 Å². The Morgan fingerprint density at radius 2 is 1.28 bits per heavy atom. The zero-order valence-electron chi connectivity index (χ0n) is 12.0. The maximum Gasteiger partial charge on any atom is 0.135 e. The Hall–Kier alpha value is -0.660. The molecule has 0 N–H and O–H groups in total. The molecular formula is C16H28O2. The first-order valence-electron chi connectivity index (χ1n) is 7.65. The van der Waals surface area contributed by atoms with Crippen molar-refractivity contribution in [2.45, 2.75) is 78.1 Å². The molecule has 0 aromatic carbocycles. The van der Waals surface area contributed by atoms with Crippen molar-refractivity contribution in [3.8, 4) is 0 Å². The predicted octanol–water partition coefficient (Wildman–Crippen LogP) is 4.31. The monoisotopic (exact) mass is 252 g/mol. The summed E-state index contributed by atoms with van der Waals surface area (Å²) in [6.45, 7) is 4.04. The normalized spacial score (nSPS) is 29.9. The van der Waals surface area contributed by atoms with E-state index in [1.54, 1.807) is 0 Å². The van der Waals surface area contributed by atoms with Gasteiger partial charge in [0.05, 0.1) is 0 Å².